The fraction of sp³-hybridized carbons (Fsp3) is 0.233. The topological polar surface area (TPSA) is 72.9 Å². The maximum Gasteiger partial charge on any atom is 0.229 e. The van der Waals surface area contributed by atoms with Crippen LogP contribution in [0.2, 0.25) is 0 Å². The molecule has 0 radical (unpaired) electrons. The Hall–Kier alpha value is -4.17. The summed E-state index contributed by atoms with van der Waals surface area (Å²) in [6.07, 6.45) is 2.54. The zero-order chi connectivity index (χ0) is 26.6. The maximum absolute atomic E-state index is 12.8. The number of nitrogens with zero attached hydrogens (tertiary/aromatic N) is 2. The molecule has 5 rings (SSSR count). The standard InChI is InChI=1S/C30H29N3O4S/c1-4-33(30(38)32-29(34)23-16-22(23)19-8-6-5-7-9-19)20-10-12-21(13-11-20)37-26-14-15-31-25-18-28(36-3)27(35-2)17-24(25)26/h5-15,17-18,22-23H,4,16H2,1-3H3,(H,32,34,38)/t22-,23+/m0/s1. The molecule has 0 saturated heterocycles. The summed E-state index contributed by atoms with van der Waals surface area (Å²) in [4.78, 5) is 19.2. The number of carbonyl (C=O) groups excluding carboxylic acids is 1. The second-order valence-electron chi connectivity index (χ2n) is 9.03. The van der Waals surface area contributed by atoms with E-state index in [9.17, 15) is 4.79 Å². The average Bonchev–Trinajstić information content (AvgIpc) is 3.76. The largest absolute Gasteiger partial charge is 0.493 e. The highest BCUT2D eigenvalue weighted by molar-refractivity contribution is 7.80. The molecule has 0 spiro atoms. The second-order valence-corrected chi connectivity index (χ2v) is 9.41. The van der Waals surface area contributed by atoms with Crippen LogP contribution in [0.25, 0.3) is 10.9 Å². The van der Waals surface area contributed by atoms with Crippen molar-refractivity contribution >= 4 is 39.8 Å². The Morgan fingerprint density at radius 3 is 2.39 bits per heavy atom. The van der Waals surface area contributed by atoms with E-state index >= 15 is 0 Å². The van der Waals surface area contributed by atoms with Crippen molar-refractivity contribution in [2.75, 3.05) is 25.7 Å². The minimum atomic E-state index is -0.0430. The highest BCUT2D eigenvalue weighted by Gasteiger charge is 2.44. The van der Waals surface area contributed by atoms with Crippen molar-refractivity contribution in [2.45, 2.75) is 19.3 Å². The van der Waals surface area contributed by atoms with E-state index in [4.69, 9.17) is 26.4 Å². The number of hydrogen-bond donors (Lipinski definition) is 1. The van der Waals surface area contributed by atoms with Gasteiger partial charge in [-0.15, -0.1) is 0 Å². The van der Waals surface area contributed by atoms with E-state index in [0.29, 0.717) is 34.7 Å². The van der Waals surface area contributed by atoms with E-state index in [-0.39, 0.29) is 17.7 Å². The van der Waals surface area contributed by atoms with Gasteiger partial charge in [0.2, 0.25) is 5.91 Å². The van der Waals surface area contributed by atoms with Crippen LogP contribution in [0.5, 0.6) is 23.0 Å². The SMILES string of the molecule is CCN(C(=S)NC(=O)[C@@H]1C[C@H]1c1ccccc1)c1ccc(Oc2ccnc3cc(OC)c(OC)cc23)cc1. The van der Waals surface area contributed by atoms with Gasteiger partial charge in [0, 0.05) is 35.8 Å². The van der Waals surface area contributed by atoms with Crippen molar-refractivity contribution < 1.29 is 19.0 Å². The summed E-state index contributed by atoms with van der Waals surface area (Å²) >= 11 is 5.60. The van der Waals surface area contributed by atoms with Crippen molar-refractivity contribution in [2.24, 2.45) is 5.92 Å². The van der Waals surface area contributed by atoms with E-state index < -0.39 is 0 Å². The molecule has 8 heteroatoms. The van der Waals surface area contributed by atoms with Gasteiger partial charge in [0.25, 0.3) is 0 Å². The molecule has 1 aliphatic carbocycles. The maximum atomic E-state index is 12.8. The first kappa shape index (κ1) is 25.5. The van der Waals surface area contributed by atoms with Gasteiger partial charge in [-0.05, 0) is 73.4 Å². The van der Waals surface area contributed by atoms with Gasteiger partial charge in [-0.2, -0.15) is 0 Å². The molecule has 4 aromatic rings. The van der Waals surface area contributed by atoms with Crippen molar-refractivity contribution in [3.8, 4) is 23.0 Å². The molecule has 1 fully saturated rings. The number of methoxy groups -OCH3 is 2. The highest BCUT2D eigenvalue weighted by Crippen LogP contribution is 2.47. The van der Waals surface area contributed by atoms with Gasteiger partial charge in [-0.1, -0.05) is 30.3 Å². The van der Waals surface area contributed by atoms with Crippen molar-refractivity contribution in [1.82, 2.24) is 10.3 Å². The minimum absolute atomic E-state index is 0.0288. The number of ether oxygens (including phenoxy) is 3. The zero-order valence-corrected chi connectivity index (χ0v) is 22.3. The Morgan fingerprint density at radius 1 is 1.00 bits per heavy atom. The molecule has 1 saturated carbocycles. The molecule has 0 aliphatic heterocycles. The van der Waals surface area contributed by atoms with Gasteiger partial charge >= 0.3 is 0 Å². The summed E-state index contributed by atoms with van der Waals surface area (Å²) in [6, 6.07) is 23.2. The van der Waals surface area contributed by atoms with Crippen LogP contribution >= 0.6 is 12.2 Å². The van der Waals surface area contributed by atoms with Gasteiger partial charge < -0.3 is 24.4 Å². The number of amides is 1. The summed E-state index contributed by atoms with van der Waals surface area (Å²) in [5.41, 5.74) is 2.80. The predicted octanol–water partition coefficient (Wildman–Crippen LogP) is 6.08. The number of anilines is 1. The number of nitrogens with one attached hydrogen (secondary N) is 1. The lowest BCUT2D eigenvalue weighted by Gasteiger charge is -2.24. The van der Waals surface area contributed by atoms with Gasteiger partial charge in [0.05, 0.1) is 19.7 Å². The van der Waals surface area contributed by atoms with Crippen molar-refractivity contribution in [3.05, 3.63) is 84.6 Å². The first-order chi connectivity index (χ1) is 18.5. The fourth-order valence-electron chi connectivity index (χ4n) is 4.62. The number of hydrogen-bond acceptors (Lipinski definition) is 6. The molecule has 0 unspecified atom stereocenters. The molecule has 1 aromatic heterocycles. The van der Waals surface area contributed by atoms with Gasteiger partial charge in [0.15, 0.2) is 16.6 Å². The van der Waals surface area contributed by atoms with Crippen LogP contribution in [-0.2, 0) is 4.79 Å². The first-order valence-electron chi connectivity index (χ1n) is 12.5. The third-order valence-corrected chi connectivity index (χ3v) is 7.05. The van der Waals surface area contributed by atoms with Crippen molar-refractivity contribution in [1.29, 1.82) is 0 Å². The van der Waals surface area contributed by atoms with E-state index in [1.165, 1.54) is 5.56 Å². The molecule has 3 aromatic carbocycles. The van der Waals surface area contributed by atoms with E-state index in [2.05, 4.69) is 22.4 Å². The number of fused-ring (bicyclic) bond motifs is 1. The number of carbonyl (C=O) groups is 1. The molecule has 2 atom stereocenters. The van der Waals surface area contributed by atoms with Gasteiger partial charge in [0.1, 0.15) is 11.5 Å². The van der Waals surface area contributed by atoms with Gasteiger partial charge in [-0.3, -0.25) is 9.78 Å². The number of aromatic nitrogens is 1. The second kappa shape index (κ2) is 11.1. The molecule has 0 bridgehead atoms. The predicted molar refractivity (Wildman–Crippen MR) is 152 cm³/mol. The monoisotopic (exact) mass is 527 g/mol. The molecule has 1 aliphatic rings. The summed E-state index contributed by atoms with van der Waals surface area (Å²) in [7, 11) is 3.19. The molecule has 1 heterocycles. The summed E-state index contributed by atoms with van der Waals surface area (Å²) < 4.78 is 17.0. The van der Waals surface area contributed by atoms with Crippen LogP contribution in [0.4, 0.5) is 5.69 Å². The number of pyridine rings is 1. The molecule has 1 N–H and O–H groups in total. The van der Waals surface area contributed by atoms with Crippen LogP contribution in [0.15, 0.2) is 79.0 Å². The molecule has 38 heavy (non-hydrogen) atoms. The lowest BCUT2D eigenvalue weighted by Crippen LogP contribution is -2.43. The Morgan fingerprint density at radius 2 is 1.71 bits per heavy atom. The van der Waals surface area contributed by atoms with Crippen LogP contribution < -0.4 is 24.4 Å². The smallest absolute Gasteiger partial charge is 0.229 e. The zero-order valence-electron chi connectivity index (χ0n) is 21.5. The summed E-state index contributed by atoms with van der Waals surface area (Å²) in [6.45, 7) is 2.61. The quantitative estimate of drug-likeness (QED) is 0.279. The number of thiocarbonyl (C=S) groups is 1. The third kappa shape index (κ3) is 5.26. The number of rotatable bonds is 8. The lowest BCUT2D eigenvalue weighted by atomic mass is 10.1. The summed E-state index contributed by atoms with van der Waals surface area (Å²) in [5, 5.41) is 4.15. The minimum Gasteiger partial charge on any atom is -0.493 e. The van der Waals surface area contributed by atoms with E-state index in [1.54, 1.807) is 20.4 Å². The normalized spacial score (nSPS) is 16.0. The Balaban J connectivity index is 1.26. The molecule has 194 valence electrons. The fourth-order valence-corrected chi connectivity index (χ4v) is 4.96. The third-order valence-electron chi connectivity index (χ3n) is 6.73. The van der Waals surface area contributed by atoms with Crippen LogP contribution in [0.1, 0.15) is 24.8 Å². The molecule has 7 nitrogen and oxygen atoms in total. The molecular formula is C30H29N3O4S. The molecule has 1 amide bonds. The Kier molecular flexibility index (Phi) is 7.42. The van der Waals surface area contributed by atoms with Crippen LogP contribution in [0.3, 0.4) is 0 Å². The Bertz CT molecular complexity index is 1460. The summed E-state index contributed by atoms with van der Waals surface area (Å²) in [5.74, 6) is 2.70. The first-order valence-corrected chi connectivity index (χ1v) is 12.9. The van der Waals surface area contributed by atoms with Crippen LogP contribution in [-0.4, -0.2) is 36.8 Å². The van der Waals surface area contributed by atoms with Gasteiger partial charge in [-0.25, -0.2) is 0 Å². The van der Waals surface area contributed by atoms with E-state index in [1.807, 2.05) is 72.5 Å². The lowest BCUT2D eigenvalue weighted by molar-refractivity contribution is -0.120. The van der Waals surface area contributed by atoms with Crippen LogP contribution in [0, 0.1) is 5.92 Å². The highest BCUT2D eigenvalue weighted by atomic mass is 32.1. The molecular weight excluding hydrogens is 498 g/mol. The van der Waals surface area contributed by atoms with E-state index in [0.717, 1.165) is 23.0 Å². The average molecular weight is 528 g/mol. The Labute approximate surface area is 227 Å². The van der Waals surface area contributed by atoms with Crippen molar-refractivity contribution in [3.63, 3.8) is 0 Å². The number of benzene rings is 3.